The summed E-state index contributed by atoms with van der Waals surface area (Å²) >= 11 is 0.933. The lowest BCUT2D eigenvalue weighted by Crippen LogP contribution is -2.49. The predicted octanol–water partition coefficient (Wildman–Crippen LogP) is 0.977. The quantitative estimate of drug-likeness (QED) is 0.303. The standard InChI is InChI=1S/C19H24N4O6S2/c1-31(28,29)23-19-22-15(11-30-19)18(27)21-14(10-12-5-7-13(24)8-6-12)17(26)16(25)4-2-3-9-20/h5-8,11,14,16-17,24-26H,2-4,10H2,1H3,(H,21,27)(H,22,23). The van der Waals surface area contributed by atoms with Crippen molar-refractivity contribution >= 4 is 32.4 Å². The maximum atomic E-state index is 12.6. The molecule has 0 aliphatic heterocycles. The van der Waals surface area contributed by atoms with Crippen LogP contribution < -0.4 is 10.0 Å². The summed E-state index contributed by atoms with van der Waals surface area (Å²) in [4.78, 5) is 16.6. The van der Waals surface area contributed by atoms with Crippen LogP contribution in [-0.2, 0) is 16.4 Å². The van der Waals surface area contributed by atoms with Gasteiger partial charge in [0.05, 0.1) is 24.5 Å². The number of carbonyl (C=O) groups is 1. The second-order valence-electron chi connectivity index (χ2n) is 6.97. The summed E-state index contributed by atoms with van der Waals surface area (Å²) < 4.78 is 24.8. The zero-order chi connectivity index (χ0) is 23.0. The van der Waals surface area contributed by atoms with E-state index in [0.717, 1.165) is 17.6 Å². The van der Waals surface area contributed by atoms with Gasteiger partial charge < -0.3 is 20.6 Å². The molecule has 10 nitrogen and oxygen atoms in total. The van der Waals surface area contributed by atoms with Crippen molar-refractivity contribution in [3.63, 3.8) is 0 Å². The number of nitrogens with one attached hydrogen (secondary N) is 2. The molecule has 0 bridgehead atoms. The summed E-state index contributed by atoms with van der Waals surface area (Å²) in [5.74, 6) is -0.584. The number of nitriles is 1. The van der Waals surface area contributed by atoms with Crippen LogP contribution in [0.5, 0.6) is 5.75 Å². The molecule has 31 heavy (non-hydrogen) atoms. The monoisotopic (exact) mass is 468 g/mol. The highest BCUT2D eigenvalue weighted by atomic mass is 32.2. The molecule has 0 aliphatic rings. The van der Waals surface area contributed by atoms with Crippen molar-refractivity contribution in [2.75, 3.05) is 11.0 Å². The Labute approximate surface area is 184 Å². The van der Waals surface area contributed by atoms with E-state index in [1.165, 1.54) is 17.5 Å². The van der Waals surface area contributed by atoms with Gasteiger partial charge in [0.2, 0.25) is 10.0 Å². The molecule has 2 aromatic rings. The lowest BCUT2D eigenvalue weighted by molar-refractivity contribution is -0.00791. The van der Waals surface area contributed by atoms with Gasteiger partial charge in [0.1, 0.15) is 17.5 Å². The number of phenolic OH excluding ortho intramolecular Hbond substituents is 1. The molecule has 2 rings (SSSR count). The average Bonchev–Trinajstić information content (AvgIpc) is 3.15. The first-order chi connectivity index (χ1) is 14.6. The second kappa shape index (κ2) is 11.1. The molecular formula is C19H24N4O6S2. The first-order valence-corrected chi connectivity index (χ1v) is 12.1. The van der Waals surface area contributed by atoms with Crippen molar-refractivity contribution in [3.8, 4) is 11.8 Å². The summed E-state index contributed by atoms with van der Waals surface area (Å²) in [7, 11) is -3.54. The highest BCUT2D eigenvalue weighted by Crippen LogP contribution is 2.19. The van der Waals surface area contributed by atoms with Crippen LogP contribution in [0.2, 0.25) is 0 Å². The number of sulfonamides is 1. The van der Waals surface area contributed by atoms with Crippen LogP contribution in [0, 0.1) is 11.3 Å². The molecule has 12 heteroatoms. The minimum absolute atomic E-state index is 0.0276. The van der Waals surface area contributed by atoms with Crippen molar-refractivity contribution in [1.29, 1.82) is 5.26 Å². The van der Waals surface area contributed by atoms with E-state index in [-0.39, 0.29) is 35.8 Å². The fourth-order valence-electron chi connectivity index (χ4n) is 2.80. The van der Waals surface area contributed by atoms with E-state index < -0.39 is 34.2 Å². The molecule has 3 atom stereocenters. The third kappa shape index (κ3) is 8.14. The molecular weight excluding hydrogens is 444 g/mol. The second-order valence-corrected chi connectivity index (χ2v) is 9.58. The summed E-state index contributed by atoms with van der Waals surface area (Å²) in [6.07, 6.45) is -0.588. The smallest absolute Gasteiger partial charge is 0.271 e. The summed E-state index contributed by atoms with van der Waals surface area (Å²) in [6, 6.07) is 7.25. The molecule has 168 valence electrons. The van der Waals surface area contributed by atoms with Gasteiger partial charge in [0.15, 0.2) is 5.13 Å². The Bertz CT molecular complexity index is 1020. The number of carbonyl (C=O) groups excluding carboxylic acids is 1. The van der Waals surface area contributed by atoms with E-state index in [4.69, 9.17) is 5.26 Å². The number of benzene rings is 1. The van der Waals surface area contributed by atoms with Crippen LogP contribution in [0.25, 0.3) is 0 Å². The van der Waals surface area contributed by atoms with E-state index >= 15 is 0 Å². The van der Waals surface area contributed by atoms with Gasteiger partial charge in [0, 0.05) is 11.8 Å². The molecule has 0 radical (unpaired) electrons. The van der Waals surface area contributed by atoms with Gasteiger partial charge in [0.25, 0.3) is 5.91 Å². The molecule has 0 saturated heterocycles. The molecule has 0 spiro atoms. The number of aliphatic hydroxyl groups is 2. The number of aliphatic hydroxyl groups excluding tert-OH is 2. The molecule has 1 aromatic heterocycles. The molecule has 1 amide bonds. The number of anilines is 1. The number of aromatic hydroxyl groups is 1. The number of aromatic nitrogens is 1. The zero-order valence-corrected chi connectivity index (χ0v) is 18.4. The van der Waals surface area contributed by atoms with Gasteiger partial charge >= 0.3 is 0 Å². The van der Waals surface area contributed by atoms with Crippen molar-refractivity contribution in [1.82, 2.24) is 10.3 Å². The SMILES string of the molecule is CS(=O)(=O)Nc1nc(C(=O)NC(Cc2ccc(O)cc2)C(O)C(O)CCCC#N)cs1. The first kappa shape index (κ1) is 24.5. The van der Waals surface area contributed by atoms with Crippen LogP contribution >= 0.6 is 11.3 Å². The third-order valence-electron chi connectivity index (χ3n) is 4.31. The third-order valence-corrected chi connectivity index (χ3v) is 5.76. The van der Waals surface area contributed by atoms with Crippen molar-refractivity contribution < 1.29 is 28.5 Å². The number of hydrogen-bond donors (Lipinski definition) is 5. The number of phenols is 1. The zero-order valence-electron chi connectivity index (χ0n) is 16.7. The Morgan fingerprint density at radius 2 is 1.97 bits per heavy atom. The van der Waals surface area contributed by atoms with Crippen LogP contribution in [0.1, 0.15) is 35.3 Å². The maximum absolute atomic E-state index is 12.6. The first-order valence-electron chi connectivity index (χ1n) is 9.34. The lowest BCUT2D eigenvalue weighted by atomic mass is 9.95. The number of amides is 1. The highest BCUT2D eigenvalue weighted by Gasteiger charge is 2.29. The van der Waals surface area contributed by atoms with Crippen LogP contribution in [-0.4, -0.2) is 59.1 Å². The Morgan fingerprint density at radius 1 is 1.29 bits per heavy atom. The van der Waals surface area contributed by atoms with Crippen LogP contribution in [0.3, 0.4) is 0 Å². The summed E-state index contributed by atoms with van der Waals surface area (Å²) in [5.41, 5.74) is 0.655. The van der Waals surface area contributed by atoms with Crippen molar-refractivity contribution in [3.05, 3.63) is 40.9 Å². The fraction of sp³-hybridized carbons (Fsp3) is 0.421. The topological polar surface area (TPSA) is 173 Å². The van der Waals surface area contributed by atoms with E-state index in [1.54, 1.807) is 12.1 Å². The van der Waals surface area contributed by atoms with Gasteiger partial charge in [-0.15, -0.1) is 11.3 Å². The molecule has 0 aliphatic carbocycles. The van der Waals surface area contributed by atoms with Gasteiger partial charge in [-0.05, 0) is 37.0 Å². The van der Waals surface area contributed by atoms with E-state index in [2.05, 4.69) is 15.0 Å². The molecule has 5 N–H and O–H groups in total. The Hall–Kier alpha value is -2.72. The molecule has 1 heterocycles. The van der Waals surface area contributed by atoms with E-state index in [1.807, 2.05) is 6.07 Å². The average molecular weight is 469 g/mol. The van der Waals surface area contributed by atoms with E-state index in [0.29, 0.717) is 12.0 Å². The summed E-state index contributed by atoms with van der Waals surface area (Å²) in [5, 5.41) is 43.1. The number of hydrogen-bond acceptors (Lipinski definition) is 9. The van der Waals surface area contributed by atoms with Crippen molar-refractivity contribution in [2.45, 2.75) is 43.9 Å². The predicted molar refractivity (Wildman–Crippen MR) is 115 cm³/mol. The molecule has 1 aromatic carbocycles. The number of unbranched alkanes of at least 4 members (excludes halogenated alkanes) is 1. The Balaban J connectivity index is 2.15. The number of nitrogens with zero attached hydrogens (tertiary/aromatic N) is 2. The Morgan fingerprint density at radius 3 is 2.58 bits per heavy atom. The van der Waals surface area contributed by atoms with Gasteiger partial charge in [-0.1, -0.05) is 12.1 Å². The maximum Gasteiger partial charge on any atom is 0.271 e. The van der Waals surface area contributed by atoms with Crippen molar-refractivity contribution in [2.24, 2.45) is 0 Å². The molecule has 0 saturated carbocycles. The van der Waals surface area contributed by atoms with Crippen LogP contribution in [0.15, 0.2) is 29.6 Å². The highest BCUT2D eigenvalue weighted by molar-refractivity contribution is 7.92. The largest absolute Gasteiger partial charge is 0.508 e. The minimum atomic E-state index is -3.54. The Kier molecular flexibility index (Phi) is 8.76. The normalized spacial score (nSPS) is 14.3. The van der Waals surface area contributed by atoms with Gasteiger partial charge in [-0.25, -0.2) is 13.4 Å². The number of rotatable bonds is 11. The van der Waals surface area contributed by atoms with E-state index in [9.17, 15) is 28.5 Å². The lowest BCUT2D eigenvalue weighted by Gasteiger charge is -2.27. The minimum Gasteiger partial charge on any atom is -0.508 e. The van der Waals surface area contributed by atoms with Gasteiger partial charge in [-0.3, -0.25) is 9.52 Å². The fourth-order valence-corrected chi connectivity index (χ4v) is 4.34. The molecule has 0 fully saturated rings. The number of thiazole rings is 1. The van der Waals surface area contributed by atoms with Gasteiger partial charge in [-0.2, -0.15) is 5.26 Å². The van der Waals surface area contributed by atoms with Crippen LogP contribution in [0.4, 0.5) is 5.13 Å². The molecule has 3 unspecified atom stereocenters. The summed E-state index contributed by atoms with van der Waals surface area (Å²) in [6.45, 7) is 0.